The van der Waals surface area contributed by atoms with Crippen molar-refractivity contribution in [2.75, 3.05) is 13.1 Å². The number of aromatic nitrogens is 2. The molecule has 0 atom stereocenters. The highest BCUT2D eigenvalue weighted by molar-refractivity contribution is 5.94. The highest BCUT2D eigenvalue weighted by Crippen LogP contribution is 2.25. The lowest BCUT2D eigenvalue weighted by atomic mass is 10.1. The van der Waals surface area contributed by atoms with E-state index in [-0.39, 0.29) is 5.91 Å². The average Bonchev–Trinajstić information content (AvgIpc) is 3.14. The van der Waals surface area contributed by atoms with Crippen LogP contribution in [0.2, 0.25) is 0 Å². The van der Waals surface area contributed by atoms with Crippen LogP contribution < -0.4 is 0 Å². The van der Waals surface area contributed by atoms with Crippen molar-refractivity contribution < 1.29 is 4.79 Å². The Morgan fingerprint density at radius 3 is 2.48 bits per heavy atom. The summed E-state index contributed by atoms with van der Waals surface area (Å²) in [6, 6.07) is 14.4. The molecule has 0 aliphatic carbocycles. The minimum Gasteiger partial charge on any atom is -0.338 e. The fraction of sp³-hybridized carbons (Fsp3) is 0.304. The molecule has 1 fully saturated rings. The molecule has 0 N–H and O–H groups in total. The third-order valence-corrected chi connectivity index (χ3v) is 5.37. The van der Waals surface area contributed by atoms with Crippen molar-refractivity contribution in [3.8, 4) is 11.1 Å². The number of aryl methyl sites for hydroxylation is 1. The summed E-state index contributed by atoms with van der Waals surface area (Å²) in [4.78, 5) is 19.3. The van der Waals surface area contributed by atoms with Crippen LogP contribution in [0.25, 0.3) is 11.1 Å². The smallest absolute Gasteiger partial charge is 0.270 e. The number of hydrogen-bond acceptors (Lipinski definition) is 2. The number of carbonyl (C=O) groups excluding carboxylic acids is 1. The summed E-state index contributed by atoms with van der Waals surface area (Å²) in [5.41, 5.74) is 5.40. The number of piperidine rings is 1. The molecule has 1 aromatic carbocycles. The molecule has 138 valence electrons. The van der Waals surface area contributed by atoms with Gasteiger partial charge in [-0.2, -0.15) is 0 Å². The first-order valence-corrected chi connectivity index (χ1v) is 9.67. The van der Waals surface area contributed by atoms with Gasteiger partial charge in [0, 0.05) is 43.8 Å². The van der Waals surface area contributed by atoms with Gasteiger partial charge in [0.1, 0.15) is 5.69 Å². The van der Waals surface area contributed by atoms with Crippen LogP contribution in [0.15, 0.2) is 61.1 Å². The number of carbonyl (C=O) groups is 1. The summed E-state index contributed by atoms with van der Waals surface area (Å²) in [5, 5.41) is 0. The first-order chi connectivity index (χ1) is 13.2. The van der Waals surface area contributed by atoms with Crippen LogP contribution in [0.5, 0.6) is 0 Å². The summed E-state index contributed by atoms with van der Waals surface area (Å²) < 4.78 is 2.11. The monoisotopic (exact) mass is 359 g/mol. The van der Waals surface area contributed by atoms with Crippen molar-refractivity contribution in [2.24, 2.45) is 0 Å². The molecule has 4 nitrogen and oxygen atoms in total. The van der Waals surface area contributed by atoms with Crippen molar-refractivity contribution >= 4 is 5.91 Å². The summed E-state index contributed by atoms with van der Waals surface area (Å²) in [6.07, 6.45) is 9.10. The minimum atomic E-state index is 0.142. The Morgan fingerprint density at radius 1 is 1.00 bits per heavy atom. The summed E-state index contributed by atoms with van der Waals surface area (Å²) in [7, 11) is 0. The zero-order valence-corrected chi connectivity index (χ0v) is 15.8. The lowest BCUT2D eigenvalue weighted by molar-refractivity contribution is 0.0714. The molecular formula is C23H25N3O. The molecular weight excluding hydrogens is 334 g/mol. The quantitative estimate of drug-likeness (QED) is 0.686. The molecule has 1 amide bonds. The maximum absolute atomic E-state index is 13.2. The lowest BCUT2D eigenvalue weighted by Gasteiger charge is -2.27. The molecule has 0 radical (unpaired) electrons. The van der Waals surface area contributed by atoms with E-state index in [0.717, 1.165) is 42.8 Å². The topological polar surface area (TPSA) is 38.1 Å². The summed E-state index contributed by atoms with van der Waals surface area (Å²) in [5.74, 6) is 0.142. The molecule has 0 saturated carbocycles. The molecule has 0 unspecified atom stereocenters. The molecule has 1 aliphatic rings. The standard InChI is InChI=1S/C23H25N3O/c1-18-7-3-4-8-20(18)16-26-17-21(19-9-11-24-12-10-19)15-22(26)23(27)25-13-5-2-6-14-25/h3-4,7-12,15,17H,2,5-6,13-14,16H2,1H3. The number of hydrogen-bond donors (Lipinski definition) is 0. The molecule has 0 bridgehead atoms. The van der Waals surface area contributed by atoms with Gasteiger partial charge in [0.25, 0.3) is 5.91 Å². The highest BCUT2D eigenvalue weighted by Gasteiger charge is 2.22. The van der Waals surface area contributed by atoms with Crippen LogP contribution in [0, 0.1) is 6.92 Å². The van der Waals surface area contributed by atoms with E-state index in [9.17, 15) is 4.79 Å². The summed E-state index contributed by atoms with van der Waals surface area (Å²) in [6.45, 7) is 4.54. The second kappa shape index (κ2) is 7.78. The molecule has 4 heteroatoms. The van der Waals surface area contributed by atoms with Crippen molar-refractivity contribution in [2.45, 2.75) is 32.7 Å². The largest absolute Gasteiger partial charge is 0.338 e. The van der Waals surface area contributed by atoms with Crippen LogP contribution in [0.1, 0.15) is 40.9 Å². The predicted molar refractivity (Wildman–Crippen MR) is 108 cm³/mol. The SMILES string of the molecule is Cc1ccccc1Cn1cc(-c2ccncc2)cc1C(=O)N1CCCCC1. The van der Waals surface area contributed by atoms with E-state index >= 15 is 0 Å². The second-order valence-corrected chi connectivity index (χ2v) is 7.26. The molecule has 1 saturated heterocycles. The molecule has 4 rings (SSSR count). The van der Waals surface area contributed by atoms with Crippen LogP contribution in [-0.4, -0.2) is 33.4 Å². The van der Waals surface area contributed by atoms with Gasteiger partial charge in [-0.05, 0) is 61.1 Å². The zero-order chi connectivity index (χ0) is 18.6. The Hall–Kier alpha value is -2.88. The van der Waals surface area contributed by atoms with Gasteiger partial charge < -0.3 is 9.47 Å². The number of amides is 1. The normalized spacial score (nSPS) is 14.3. The van der Waals surface area contributed by atoms with Gasteiger partial charge in [-0.1, -0.05) is 24.3 Å². The van der Waals surface area contributed by atoms with E-state index < -0.39 is 0 Å². The van der Waals surface area contributed by atoms with Crippen LogP contribution in [0.3, 0.4) is 0 Å². The van der Waals surface area contributed by atoms with Gasteiger partial charge in [-0.3, -0.25) is 9.78 Å². The van der Waals surface area contributed by atoms with Gasteiger partial charge in [0.05, 0.1) is 0 Å². The third-order valence-electron chi connectivity index (χ3n) is 5.37. The Morgan fingerprint density at radius 2 is 1.74 bits per heavy atom. The van der Waals surface area contributed by atoms with Crippen molar-refractivity contribution in [3.05, 3.63) is 77.9 Å². The average molecular weight is 359 g/mol. The van der Waals surface area contributed by atoms with Gasteiger partial charge in [0.2, 0.25) is 0 Å². The predicted octanol–water partition coefficient (Wildman–Crippen LogP) is 4.53. The molecule has 2 aromatic heterocycles. The lowest BCUT2D eigenvalue weighted by Crippen LogP contribution is -2.36. The van der Waals surface area contributed by atoms with E-state index in [1.165, 1.54) is 17.5 Å². The third kappa shape index (κ3) is 3.80. The number of benzene rings is 1. The minimum absolute atomic E-state index is 0.142. The fourth-order valence-corrected chi connectivity index (χ4v) is 3.75. The van der Waals surface area contributed by atoms with E-state index in [4.69, 9.17) is 0 Å². The van der Waals surface area contributed by atoms with Crippen LogP contribution in [-0.2, 0) is 6.54 Å². The van der Waals surface area contributed by atoms with E-state index in [0.29, 0.717) is 6.54 Å². The van der Waals surface area contributed by atoms with E-state index in [2.05, 4.69) is 46.9 Å². The van der Waals surface area contributed by atoms with E-state index in [1.807, 2.05) is 23.1 Å². The van der Waals surface area contributed by atoms with Gasteiger partial charge in [0.15, 0.2) is 0 Å². The van der Waals surface area contributed by atoms with E-state index in [1.54, 1.807) is 12.4 Å². The van der Waals surface area contributed by atoms with Crippen molar-refractivity contribution in [1.82, 2.24) is 14.5 Å². The number of pyridine rings is 1. The number of rotatable bonds is 4. The molecule has 3 heterocycles. The second-order valence-electron chi connectivity index (χ2n) is 7.26. The Balaban J connectivity index is 1.72. The molecule has 1 aliphatic heterocycles. The Bertz CT molecular complexity index is 924. The number of likely N-dealkylation sites (tertiary alicyclic amines) is 1. The van der Waals surface area contributed by atoms with Gasteiger partial charge >= 0.3 is 0 Å². The first kappa shape index (κ1) is 17.5. The van der Waals surface area contributed by atoms with Crippen LogP contribution >= 0.6 is 0 Å². The first-order valence-electron chi connectivity index (χ1n) is 9.67. The highest BCUT2D eigenvalue weighted by atomic mass is 16.2. The maximum Gasteiger partial charge on any atom is 0.270 e. The van der Waals surface area contributed by atoms with Gasteiger partial charge in [-0.15, -0.1) is 0 Å². The summed E-state index contributed by atoms with van der Waals surface area (Å²) >= 11 is 0. The molecule has 3 aromatic rings. The van der Waals surface area contributed by atoms with Gasteiger partial charge in [-0.25, -0.2) is 0 Å². The van der Waals surface area contributed by atoms with Crippen molar-refractivity contribution in [1.29, 1.82) is 0 Å². The van der Waals surface area contributed by atoms with Crippen molar-refractivity contribution in [3.63, 3.8) is 0 Å². The Labute approximate surface area is 160 Å². The molecule has 27 heavy (non-hydrogen) atoms. The number of nitrogens with zero attached hydrogens (tertiary/aromatic N) is 3. The zero-order valence-electron chi connectivity index (χ0n) is 15.8. The maximum atomic E-state index is 13.2. The Kier molecular flexibility index (Phi) is 5.05. The van der Waals surface area contributed by atoms with Crippen LogP contribution in [0.4, 0.5) is 0 Å². The fourth-order valence-electron chi connectivity index (χ4n) is 3.75. The molecule has 0 spiro atoms.